The SMILES string of the molecule is C.C.C.C.C.C.CC(=O)c1cnc(Cl)nc1.CC(=O)c1cnc(N(C)C(=O)OC(C)(C)C)nc1.CC(C)(C)OC(=O)OC(=O)OC(C)(C)C.CC(Cl)c1cnc(N(C)C(=O)OC(C)(C)C)nc1.CC(O)c1cnc(N(C)C(=O)OC(C)(C)C)nc1.CN.CNc1ncc(C(C)=O)cn1.CO.Cl.O=S(Cl)Cl.[B].[B][B]B([B])B(B([B])[B])B([B])[B].[H-].[Na+]. The smallest absolute Gasteiger partial charge is 1.00 e. The number of nitrogens with one attached hydrogen (secondary N) is 1. The van der Waals surface area contributed by atoms with Crippen LogP contribution in [-0.2, 0) is 37.6 Å². The molecular weight excluding hydrogens is 1650 g/mol. The van der Waals surface area contributed by atoms with E-state index in [4.69, 9.17) is 103 Å². The number of nitrogens with zero attached hydrogens (tertiary/aromatic N) is 13. The van der Waals surface area contributed by atoms with Gasteiger partial charge in [-0.3, -0.25) is 14.4 Å². The summed E-state index contributed by atoms with van der Waals surface area (Å²) in [4.78, 5) is 132. The molecule has 644 valence electrons. The van der Waals surface area contributed by atoms with Gasteiger partial charge in [0.2, 0.25) is 38.3 Å². The summed E-state index contributed by atoms with van der Waals surface area (Å²) in [5, 5.41) is 19.1. The molecule has 3 amide bonds. The maximum absolute atomic E-state index is 11.8. The molecule has 51 heteroatoms. The van der Waals surface area contributed by atoms with Crippen LogP contribution in [0.3, 0.4) is 0 Å². The number of carbonyl (C=O) groups excluding carboxylic acids is 8. The zero-order valence-corrected chi connectivity index (χ0v) is 75.3. The number of hydrogen-bond acceptors (Lipinski definition) is 29. The molecule has 2 atom stereocenters. The third-order valence-electron chi connectivity index (χ3n) is 11.0. The van der Waals surface area contributed by atoms with E-state index in [1.54, 1.807) is 137 Å². The Bertz CT molecular complexity index is 3420. The summed E-state index contributed by atoms with van der Waals surface area (Å²) in [6, 6.07) is 0. The predicted octanol–water partition coefficient (Wildman–Crippen LogP) is 9.04. The molecule has 5 aromatic rings. The zero-order chi connectivity index (χ0) is 86.5. The number of amides is 3. The second kappa shape index (κ2) is 72.6. The summed E-state index contributed by atoms with van der Waals surface area (Å²) in [5.74, 6) is 1.02. The Balaban J connectivity index is -0.0000000799. The molecule has 16 radical (unpaired) electrons. The minimum atomic E-state index is -1.67. The molecule has 0 bridgehead atoms. The number of hydrogen-bond donors (Lipinski definition) is 4. The van der Waals surface area contributed by atoms with Crippen molar-refractivity contribution in [1.82, 2.24) is 49.8 Å². The fraction of sp³-hybridized carbons (Fsp3) is 0.582. The Morgan fingerprint density at radius 3 is 0.915 bits per heavy atom. The standard InChI is InChI=1S/C12H18ClN3O2.C12H19N3O3.C12H17N3O3.C10H18O5.C7H9N3O.C6H5ClN2O.CH5N.CH4O.6CH4.B11.B.Cl2OS.ClH.Na.H/c1-8(13)9-6-14-10(15-7-9)16(5)11(17)18-12(2,3)4;2*1-8(16)9-6-13-10(14-7-9)15(5)11(17)18-12(2,3)4;1-9(2,3)14-7(11)13-8(12)15-10(4,5)6;1-5(11)6-3-9-7(8-2)10-4-6;1-4(10)5-2-8-6(7)9-3-5;2*1-2;;;;;;;1-7-10(6)11(8(2)3)9(4)5;;1-4(2)3;;;/h6-8H,1-5H3;6-8,16H,1-5H3;6-7H,1-5H3;1-6H3;3-4H,1-2H3,(H,8,9,10);2-3H,1H3;2H2,1H3;2H,1H3;6*1H4;;;;1H;;/q;;;;;;;;;;;;;;;;;;+1;-1. The molecule has 32 nitrogen and oxygen atoms in total. The second-order valence-electron chi connectivity index (χ2n) is 26.5. The van der Waals surface area contributed by atoms with Crippen LogP contribution in [0.25, 0.3) is 0 Å². The Morgan fingerprint density at radius 2 is 0.729 bits per heavy atom. The average Bonchev–Trinajstić information content (AvgIpc) is 0.861. The van der Waals surface area contributed by atoms with E-state index < -0.39 is 93.1 Å². The number of rotatable bonds is 13. The van der Waals surface area contributed by atoms with Gasteiger partial charge in [0.15, 0.2) is 17.3 Å². The molecule has 5 heterocycles. The average molecular weight is 1770 g/mol. The molecule has 2 unspecified atom stereocenters. The van der Waals surface area contributed by atoms with Crippen LogP contribution >= 0.6 is 57.0 Å². The number of alkyl halides is 1. The van der Waals surface area contributed by atoms with Crippen LogP contribution in [0.15, 0.2) is 62.0 Å². The van der Waals surface area contributed by atoms with Crippen LogP contribution in [0.4, 0.5) is 47.8 Å². The molecule has 0 aliphatic rings. The molecule has 0 aliphatic carbocycles. The van der Waals surface area contributed by atoms with Crippen molar-refractivity contribution in [3.05, 3.63) is 95.1 Å². The molecule has 0 aromatic carbocycles. The molecule has 118 heavy (non-hydrogen) atoms. The van der Waals surface area contributed by atoms with Gasteiger partial charge in [-0.15, -0.1) is 24.0 Å². The number of carbonyl (C=O) groups is 8. The zero-order valence-electron chi connectivity index (χ0n) is 69.6. The number of nitrogens with two attached hydrogens (primary N) is 1. The van der Waals surface area contributed by atoms with Crippen molar-refractivity contribution in [2.24, 2.45) is 5.73 Å². The first-order valence-electron chi connectivity index (χ1n) is 32.2. The molecule has 5 N–H and O–H groups in total. The number of aliphatic hydroxyl groups is 2. The van der Waals surface area contributed by atoms with Crippen molar-refractivity contribution < 1.29 is 112 Å². The largest absolute Gasteiger partial charge is 1.00 e. The number of aromatic nitrogens is 10. The summed E-state index contributed by atoms with van der Waals surface area (Å²) in [5.41, 5.74) is 4.23. The maximum atomic E-state index is 11.8. The minimum absolute atomic E-state index is 0. The number of ketones is 3. The van der Waals surface area contributed by atoms with Crippen molar-refractivity contribution in [1.29, 1.82) is 0 Å². The van der Waals surface area contributed by atoms with Gasteiger partial charge in [-0.25, -0.2) is 92.7 Å². The van der Waals surface area contributed by atoms with Crippen molar-refractivity contribution in [2.45, 2.75) is 223 Å². The summed E-state index contributed by atoms with van der Waals surface area (Å²) >= 11 is 11.3. The number of Topliss-reactive ketones (excluding diaryl/α,β-unsaturated/α-hetero) is 3. The van der Waals surface area contributed by atoms with Crippen molar-refractivity contribution in [3.63, 3.8) is 0 Å². The fourth-order valence-electron chi connectivity index (χ4n) is 5.98. The first-order valence-corrected chi connectivity index (χ1v) is 35.8. The first kappa shape index (κ1) is 144. The van der Waals surface area contributed by atoms with Gasteiger partial charge in [-0.05, 0) is 157 Å². The third-order valence-corrected chi connectivity index (χ3v) is 11.5. The Morgan fingerprint density at radius 1 is 0.508 bits per heavy atom. The molecule has 5 rings (SSSR count). The molecule has 0 spiro atoms. The summed E-state index contributed by atoms with van der Waals surface area (Å²) in [6.07, 6.45) is 8.27. The van der Waals surface area contributed by atoms with Crippen LogP contribution in [0.5, 0.6) is 0 Å². The van der Waals surface area contributed by atoms with E-state index in [9.17, 15) is 43.5 Å². The van der Waals surface area contributed by atoms with E-state index in [0.29, 0.717) is 28.2 Å². The van der Waals surface area contributed by atoms with Crippen molar-refractivity contribution in [2.75, 3.05) is 62.4 Å². The van der Waals surface area contributed by atoms with E-state index in [1.807, 2.05) is 6.92 Å². The monoisotopic (exact) mass is 1770 g/mol. The van der Waals surface area contributed by atoms with Gasteiger partial charge in [-0.2, -0.15) is 0 Å². The van der Waals surface area contributed by atoms with E-state index in [2.05, 4.69) is 87.0 Å². The van der Waals surface area contributed by atoms with E-state index in [-0.39, 0.29) is 149 Å². The number of anilines is 4. The number of ether oxygens (including phenoxy) is 6. The Hall–Kier alpha value is -5.98. The van der Waals surface area contributed by atoms with Crippen LogP contribution in [0.2, 0.25) is 5.28 Å². The van der Waals surface area contributed by atoms with Crippen molar-refractivity contribution in [3.8, 4) is 0 Å². The van der Waals surface area contributed by atoms with E-state index in [0.717, 1.165) is 12.7 Å². The van der Waals surface area contributed by atoms with Gasteiger partial charge in [0.05, 0.1) is 28.2 Å². The fourth-order valence-corrected chi connectivity index (χ4v) is 6.19. The van der Waals surface area contributed by atoms with Gasteiger partial charge in [0, 0.05) is 217 Å². The number of halogens is 5. The summed E-state index contributed by atoms with van der Waals surface area (Å²) in [6.45, 7) is 33.9. The van der Waals surface area contributed by atoms with Gasteiger partial charge in [0.25, 0.3) is 0 Å². The summed E-state index contributed by atoms with van der Waals surface area (Å²) < 4.78 is 38.5. The second-order valence-corrected chi connectivity index (χ2v) is 30.0. The molecule has 5 aromatic heterocycles. The third kappa shape index (κ3) is 73.9. The van der Waals surface area contributed by atoms with Crippen LogP contribution in [-0.4, -0.2) is 270 Å². The molecular formula is C67H121B12Cl5N15NaO17S. The quantitative estimate of drug-likeness (QED) is 0.0125. The molecule has 0 saturated heterocycles. The van der Waals surface area contributed by atoms with Crippen LogP contribution < -0.4 is 55.3 Å². The van der Waals surface area contributed by atoms with E-state index >= 15 is 0 Å². The van der Waals surface area contributed by atoms with Gasteiger partial charge < -0.3 is 51.1 Å². The normalized spacial score (nSPS) is 9.98. The maximum Gasteiger partial charge on any atom is 1.00 e. The van der Waals surface area contributed by atoms with Gasteiger partial charge in [0.1, 0.15) is 28.0 Å². The predicted molar refractivity (Wildman–Crippen MR) is 493 cm³/mol. The van der Waals surface area contributed by atoms with Gasteiger partial charge in [-0.1, -0.05) is 44.6 Å². The van der Waals surface area contributed by atoms with Crippen molar-refractivity contribution >= 4 is 225 Å². The first-order chi connectivity index (χ1) is 49.8. The minimum Gasteiger partial charge on any atom is -1.00 e. The molecule has 0 saturated carbocycles. The molecule has 0 aliphatic heterocycles. The van der Waals surface area contributed by atoms with Gasteiger partial charge >= 0.3 is 60.1 Å². The van der Waals surface area contributed by atoms with Crippen LogP contribution in [0.1, 0.15) is 238 Å². The Labute approximate surface area is 767 Å². The topological polar surface area (TPSA) is 426 Å². The van der Waals surface area contributed by atoms with E-state index in [1.165, 1.54) is 113 Å². The molecule has 0 fully saturated rings. The van der Waals surface area contributed by atoms with Crippen LogP contribution in [0, 0.1) is 0 Å². The number of aliphatic hydroxyl groups excluding tert-OH is 2. The Kier molecular flexibility index (Phi) is 88.5. The summed E-state index contributed by atoms with van der Waals surface area (Å²) in [7, 11) is 49.7.